The lowest BCUT2D eigenvalue weighted by Gasteiger charge is -2.16. The van der Waals surface area contributed by atoms with Crippen LogP contribution in [0.1, 0.15) is 30.0 Å². The van der Waals surface area contributed by atoms with E-state index in [0.29, 0.717) is 11.1 Å². The predicted molar refractivity (Wildman–Crippen MR) is 85.3 cm³/mol. The lowest BCUT2D eigenvalue weighted by Crippen LogP contribution is -2.12. The first-order valence-electron chi connectivity index (χ1n) is 6.61. The molecule has 0 aromatic heterocycles. The van der Waals surface area contributed by atoms with Crippen LogP contribution in [0.15, 0.2) is 46.9 Å². The Morgan fingerprint density at radius 3 is 2.70 bits per heavy atom. The summed E-state index contributed by atoms with van der Waals surface area (Å²) in [7, 11) is 0. The maximum absolute atomic E-state index is 6.34. The van der Waals surface area contributed by atoms with Gasteiger partial charge in [-0.15, -0.1) is 0 Å². The van der Waals surface area contributed by atoms with E-state index in [1.165, 1.54) is 0 Å². The molecule has 0 heterocycles. The highest BCUT2D eigenvalue weighted by Gasteiger charge is 2.23. The summed E-state index contributed by atoms with van der Waals surface area (Å²) in [5.74, 6) is 0.881. The molecule has 3 rings (SSSR count). The topological polar surface area (TPSA) is 35.2 Å². The second kappa shape index (κ2) is 5.76. The lowest BCUT2D eigenvalue weighted by atomic mass is 9.99. The smallest absolute Gasteiger partial charge is 0.120 e. The first-order chi connectivity index (χ1) is 9.65. The number of hydrogen-bond donors (Lipinski definition) is 1. The fourth-order valence-electron chi connectivity index (χ4n) is 2.10. The van der Waals surface area contributed by atoms with Gasteiger partial charge in [0, 0.05) is 4.47 Å². The molecule has 0 radical (unpaired) electrons. The van der Waals surface area contributed by atoms with Gasteiger partial charge in [-0.3, -0.25) is 0 Å². The van der Waals surface area contributed by atoms with E-state index < -0.39 is 0 Å². The zero-order valence-corrected chi connectivity index (χ0v) is 13.2. The molecule has 1 saturated carbocycles. The van der Waals surface area contributed by atoms with E-state index in [4.69, 9.17) is 22.1 Å². The van der Waals surface area contributed by atoms with E-state index in [2.05, 4.69) is 15.9 Å². The molecule has 0 saturated heterocycles. The molecule has 1 aliphatic carbocycles. The van der Waals surface area contributed by atoms with Gasteiger partial charge in [0.05, 0.1) is 17.2 Å². The zero-order chi connectivity index (χ0) is 14.1. The van der Waals surface area contributed by atoms with Crippen LogP contribution >= 0.6 is 27.5 Å². The number of halogens is 2. The van der Waals surface area contributed by atoms with Gasteiger partial charge in [0.25, 0.3) is 0 Å². The second-order valence-corrected chi connectivity index (χ2v) is 6.24. The quantitative estimate of drug-likeness (QED) is 0.866. The predicted octanol–water partition coefficient (Wildman–Crippen LogP) is 4.69. The van der Waals surface area contributed by atoms with Crippen molar-refractivity contribution in [2.75, 3.05) is 0 Å². The molecule has 4 heteroatoms. The molecule has 2 N–H and O–H groups in total. The summed E-state index contributed by atoms with van der Waals surface area (Å²) in [6, 6.07) is 13.5. The van der Waals surface area contributed by atoms with E-state index in [-0.39, 0.29) is 6.04 Å². The Balaban J connectivity index is 1.89. The van der Waals surface area contributed by atoms with E-state index in [9.17, 15) is 0 Å². The molecule has 0 spiro atoms. The van der Waals surface area contributed by atoms with Gasteiger partial charge in [-0.05, 0) is 58.1 Å². The molecule has 2 nitrogen and oxygen atoms in total. The van der Waals surface area contributed by atoms with Gasteiger partial charge in [0.1, 0.15) is 5.75 Å². The third-order valence-corrected chi connectivity index (χ3v) is 4.67. The maximum atomic E-state index is 6.34. The Labute approximate surface area is 132 Å². The minimum atomic E-state index is -0.261. The van der Waals surface area contributed by atoms with Crippen LogP contribution in [0.2, 0.25) is 5.02 Å². The Morgan fingerprint density at radius 1 is 1.20 bits per heavy atom. The summed E-state index contributed by atoms with van der Waals surface area (Å²) in [5, 5.41) is 0.661. The van der Waals surface area contributed by atoms with Crippen molar-refractivity contribution in [3.05, 3.63) is 63.1 Å². The number of benzene rings is 2. The van der Waals surface area contributed by atoms with Gasteiger partial charge < -0.3 is 10.5 Å². The molecular weight excluding hydrogens is 338 g/mol. The standard InChI is InChI=1S/C16H15BrClNO/c17-14-6-2-5-13(15(14)18)16(19)10-3-1-4-12(9-10)20-11-7-8-11/h1-6,9,11,16H,7-8,19H2. The summed E-state index contributed by atoms with van der Waals surface area (Å²) in [6.45, 7) is 0. The normalized spacial score (nSPS) is 15.9. The highest BCUT2D eigenvalue weighted by Crippen LogP contribution is 2.34. The Kier molecular flexibility index (Phi) is 4.01. The Morgan fingerprint density at radius 2 is 1.95 bits per heavy atom. The zero-order valence-electron chi connectivity index (χ0n) is 10.9. The van der Waals surface area contributed by atoms with Gasteiger partial charge in [0.2, 0.25) is 0 Å². The fourth-order valence-corrected chi connectivity index (χ4v) is 2.72. The van der Waals surface area contributed by atoms with Crippen LogP contribution in [-0.4, -0.2) is 6.10 Å². The van der Waals surface area contributed by atoms with E-state index in [1.807, 2.05) is 42.5 Å². The molecule has 0 bridgehead atoms. The molecule has 2 aromatic rings. The third kappa shape index (κ3) is 3.00. The molecule has 1 unspecified atom stereocenters. The molecule has 104 valence electrons. The van der Waals surface area contributed by atoms with Gasteiger partial charge in [-0.2, -0.15) is 0 Å². The van der Waals surface area contributed by atoms with Crippen LogP contribution in [0.5, 0.6) is 5.75 Å². The number of nitrogens with two attached hydrogens (primary N) is 1. The Hall–Kier alpha value is -1.03. The molecular formula is C16H15BrClNO. The van der Waals surface area contributed by atoms with E-state index in [1.54, 1.807) is 0 Å². The SMILES string of the molecule is NC(c1cccc(OC2CC2)c1)c1cccc(Br)c1Cl. The van der Waals surface area contributed by atoms with Crippen molar-refractivity contribution in [3.63, 3.8) is 0 Å². The average Bonchev–Trinajstić information content (AvgIpc) is 3.25. The summed E-state index contributed by atoms with van der Waals surface area (Å²) >= 11 is 9.74. The molecule has 2 aromatic carbocycles. The van der Waals surface area contributed by atoms with Crippen molar-refractivity contribution in [1.29, 1.82) is 0 Å². The Bertz CT molecular complexity index is 628. The van der Waals surface area contributed by atoms with Crippen LogP contribution in [0, 0.1) is 0 Å². The third-order valence-electron chi connectivity index (χ3n) is 3.36. The molecule has 1 fully saturated rings. The number of rotatable bonds is 4. The first-order valence-corrected chi connectivity index (χ1v) is 7.78. The van der Waals surface area contributed by atoms with Crippen molar-refractivity contribution in [1.82, 2.24) is 0 Å². The van der Waals surface area contributed by atoms with Crippen LogP contribution in [-0.2, 0) is 0 Å². The van der Waals surface area contributed by atoms with Gasteiger partial charge >= 0.3 is 0 Å². The van der Waals surface area contributed by atoms with Gasteiger partial charge in [0.15, 0.2) is 0 Å². The average molecular weight is 353 g/mol. The summed E-state index contributed by atoms with van der Waals surface area (Å²) in [6.07, 6.45) is 2.68. The minimum Gasteiger partial charge on any atom is -0.490 e. The highest BCUT2D eigenvalue weighted by molar-refractivity contribution is 9.10. The summed E-state index contributed by atoms with van der Waals surface area (Å²) < 4.78 is 6.67. The van der Waals surface area contributed by atoms with Crippen molar-refractivity contribution in [2.45, 2.75) is 25.0 Å². The van der Waals surface area contributed by atoms with Crippen molar-refractivity contribution in [3.8, 4) is 5.75 Å². The number of ether oxygens (including phenoxy) is 1. The highest BCUT2D eigenvalue weighted by atomic mass is 79.9. The van der Waals surface area contributed by atoms with Crippen LogP contribution in [0.4, 0.5) is 0 Å². The van der Waals surface area contributed by atoms with Crippen molar-refractivity contribution in [2.24, 2.45) is 5.73 Å². The molecule has 1 aliphatic rings. The minimum absolute atomic E-state index is 0.261. The molecule has 20 heavy (non-hydrogen) atoms. The van der Waals surface area contributed by atoms with E-state index >= 15 is 0 Å². The molecule has 0 aliphatic heterocycles. The lowest BCUT2D eigenvalue weighted by molar-refractivity contribution is 0.303. The van der Waals surface area contributed by atoms with E-state index in [0.717, 1.165) is 34.2 Å². The number of hydrogen-bond acceptors (Lipinski definition) is 2. The molecule has 1 atom stereocenters. The first kappa shape index (κ1) is 13.9. The molecule has 0 amide bonds. The maximum Gasteiger partial charge on any atom is 0.120 e. The van der Waals surface area contributed by atoms with Gasteiger partial charge in [-0.1, -0.05) is 35.9 Å². The van der Waals surface area contributed by atoms with Crippen LogP contribution in [0.25, 0.3) is 0 Å². The van der Waals surface area contributed by atoms with Crippen LogP contribution < -0.4 is 10.5 Å². The van der Waals surface area contributed by atoms with Crippen molar-refractivity contribution < 1.29 is 4.74 Å². The van der Waals surface area contributed by atoms with Gasteiger partial charge in [-0.25, -0.2) is 0 Å². The fraction of sp³-hybridized carbons (Fsp3) is 0.250. The van der Waals surface area contributed by atoms with Crippen LogP contribution in [0.3, 0.4) is 0 Å². The van der Waals surface area contributed by atoms with Crippen molar-refractivity contribution >= 4 is 27.5 Å². The monoisotopic (exact) mass is 351 g/mol. The summed E-state index contributed by atoms with van der Waals surface area (Å²) in [4.78, 5) is 0. The largest absolute Gasteiger partial charge is 0.490 e. The summed E-state index contributed by atoms with van der Waals surface area (Å²) in [5.41, 5.74) is 8.25. The second-order valence-electron chi connectivity index (χ2n) is 5.01.